The van der Waals surface area contributed by atoms with Crippen molar-refractivity contribution in [2.45, 2.75) is 6.67 Å². The van der Waals surface area contributed by atoms with Gasteiger partial charge in [-0.15, -0.1) is 0 Å². The van der Waals surface area contributed by atoms with Gasteiger partial charge in [0.05, 0.1) is 14.1 Å². The zero-order valence-corrected chi connectivity index (χ0v) is 23.2. The molecule has 0 atom stereocenters. The van der Waals surface area contributed by atoms with Crippen LogP contribution in [0.15, 0.2) is 87.0 Å². The fourth-order valence-corrected chi connectivity index (χ4v) is 4.54. The van der Waals surface area contributed by atoms with Gasteiger partial charge in [-0.25, -0.2) is 9.13 Å². The first-order chi connectivity index (χ1) is 18.0. The summed E-state index contributed by atoms with van der Waals surface area (Å²) in [7, 11) is 4.04. The van der Waals surface area contributed by atoms with E-state index in [2.05, 4.69) is 150 Å². The smallest absolute Gasteiger partial charge is 0.246 e. The van der Waals surface area contributed by atoms with E-state index < -0.39 is 0 Å². The van der Waals surface area contributed by atoms with Crippen LogP contribution in [-0.2, 0) is 41.2 Å². The quantitative estimate of drug-likeness (QED) is 0.271. The van der Waals surface area contributed by atoms with Crippen LogP contribution in [0, 0.1) is 26.7 Å². The maximum atomic E-state index is 2.18. The molecular weight excluding hydrogens is 575 g/mol. The fourth-order valence-electron chi connectivity index (χ4n) is 4.54. The maximum absolute atomic E-state index is 2.18. The molecule has 5 aliphatic rings. The van der Waals surface area contributed by atoms with Crippen LogP contribution < -0.4 is 9.13 Å². The second-order valence-electron chi connectivity index (χ2n) is 9.66. The van der Waals surface area contributed by atoms with Crippen LogP contribution >= 0.6 is 0 Å². The van der Waals surface area contributed by atoms with Crippen LogP contribution in [0.2, 0.25) is 0 Å². The van der Waals surface area contributed by atoms with Gasteiger partial charge in [0.15, 0.2) is 0 Å². The molecule has 5 aliphatic heterocycles. The Balaban J connectivity index is 0.000000179. The summed E-state index contributed by atoms with van der Waals surface area (Å²) in [5, 5.41) is 0. The molecule has 0 aromatic carbocycles. The van der Waals surface area contributed by atoms with Gasteiger partial charge in [0.25, 0.3) is 0 Å². The molecule has 38 heavy (non-hydrogen) atoms. The molecule has 0 aliphatic carbocycles. The zero-order chi connectivity index (χ0) is 25.2. The van der Waals surface area contributed by atoms with Gasteiger partial charge < -0.3 is 39.2 Å². The monoisotopic (exact) mass is 608 g/mol. The SMILES string of the molecule is C1=CN2[CH-]N1CN1C=CN([CH-]1)CN1C=CN([CH-]1)CN1C=CN([CH-]1)C2.C[n+]1ccn(Cn2cc[n+](C)c2)c1.[Pd]. The molecule has 2 aromatic heterocycles. The fraction of sp³-hybridized carbons (Fsp3) is 0.280. The summed E-state index contributed by atoms with van der Waals surface area (Å²) in [6.45, 7) is 12.6. The van der Waals surface area contributed by atoms with Crippen molar-refractivity contribution < 1.29 is 29.6 Å². The van der Waals surface area contributed by atoms with Crippen molar-refractivity contribution in [3.8, 4) is 0 Å². The molecule has 1 fully saturated rings. The Kier molecular flexibility index (Phi) is 7.85. The average molecular weight is 609 g/mol. The third-order valence-electron chi connectivity index (χ3n) is 6.27. The zero-order valence-electron chi connectivity index (χ0n) is 21.6. The number of hydrogen-bond acceptors (Lipinski definition) is 8. The minimum Gasteiger partial charge on any atom is -0.494 e. The molecular formula is C25H34N12Pd-2. The van der Waals surface area contributed by atoms with E-state index in [0.717, 1.165) is 33.3 Å². The molecule has 0 amide bonds. The molecule has 8 bridgehead atoms. The number of fused-ring (bicyclic) bond motifs is 8. The minimum absolute atomic E-state index is 0. The topological polar surface area (TPSA) is 43.5 Å². The number of nitrogens with zero attached hydrogens (tertiary/aromatic N) is 12. The van der Waals surface area contributed by atoms with E-state index in [4.69, 9.17) is 0 Å². The first-order valence-electron chi connectivity index (χ1n) is 12.3. The first kappa shape index (κ1) is 26.1. The summed E-state index contributed by atoms with van der Waals surface area (Å²) >= 11 is 0. The number of aromatic nitrogens is 4. The van der Waals surface area contributed by atoms with Gasteiger partial charge in [-0.3, -0.25) is 0 Å². The van der Waals surface area contributed by atoms with E-state index in [0.29, 0.717) is 0 Å². The van der Waals surface area contributed by atoms with Crippen molar-refractivity contribution >= 4 is 0 Å². The number of hydrogen-bond donors (Lipinski definition) is 0. The van der Waals surface area contributed by atoms with Crippen molar-refractivity contribution in [3.05, 3.63) is 114 Å². The average Bonchev–Trinajstić information content (AvgIpc) is 3.69. The van der Waals surface area contributed by atoms with Gasteiger partial charge in [0.2, 0.25) is 19.3 Å². The second kappa shape index (κ2) is 11.5. The summed E-state index contributed by atoms with van der Waals surface area (Å²) in [5.41, 5.74) is 0. The third-order valence-corrected chi connectivity index (χ3v) is 6.27. The van der Waals surface area contributed by atoms with Gasteiger partial charge in [0.1, 0.15) is 24.8 Å². The van der Waals surface area contributed by atoms with E-state index in [1.807, 2.05) is 35.6 Å². The van der Waals surface area contributed by atoms with Crippen LogP contribution in [0.4, 0.5) is 0 Å². The maximum Gasteiger partial charge on any atom is 0.246 e. The van der Waals surface area contributed by atoms with Crippen LogP contribution in [0.3, 0.4) is 0 Å². The van der Waals surface area contributed by atoms with Gasteiger partial charge in [-0.05, 0) is 49.6 Å². The summed E-state index contributed by atoms with van der Waals surface area (Å²) in [4.78, 5) is 17.4. The molecule has 1 saturated heterocycles. The summed E-state index contributed by atoms with van der Waals surface area (Å²) in [6.07, 6.45) is 29.1. The van der Waals surface area contributed by atoms with Crippen LogP contribution in [0.1, 0.15) is 0 Å². The normalized spacial score (nSPS) is 19.6. The number of rotatable bonds is 2. The standard InChI is InChI=1S/C16H20N8.C9H14N4.Pd/c1-2-18-9-17(1)13-19-3-4-21(10-19)15-23-7-8-24(12-23)16-22-6-5-20(11-22)14-18;1-10-3-5-12(7-10)9-13-6-4-11(2)8-13;/h1-12H,13-16H2;3-8H,9H2,1-2H3;/q-4;+2;. The minimum atomic E-state index is 0. The summed E-state index contributed by atoms with van der Waals surface area (Å²) < 4.78 is 8.31. The van der Waals surface area contributed by atoms with E-state index in [9.17, 15) is 0 Å². The van der Waals surface area contributed by atoms with Crippen LogP contribution in [0.25, 0.3) is 0 Å². The van der Waals surface area contributed by atoms with Crippen molar-refractivity contribution in [1.82, 2.24) is 48.3 Å². The largest absolute Gasteiger partial charge is 0.494 e. The van der Waals surface area contributed by atoms with Gasteiger partial charge in [0, 0.05) is 47.1 Å². The van der Waals surface area contributed by atoms with Gasteiger partial charge in [-0.1, -0.05) is 0 Å². The van der Waals surface area contributed by atoms with Crippen molar-refractivity contribution in [1.29, 1.82) is 0 Å². The molecule has 7 rings (SSSR count). The van der Waals surface area contributed by atoms with E-state index in [-0.39, 0.29) is 20.4 Å². The van der Waals surface area contributed by atoms with E-state index in [1.165, 1.54) is 0 Å². The number of imidazole rings is 2. The van der Waals surface area contributed by atoms with Gasteiger partial charge >= 0.3 is 0 Å². The summed E-state index contributed by atoms with van der Waals surface area (Å²) in [5.74, 6) is 0. The molecule has 0 N–H and O–H groups in total. The molecule has 7 heterocycles. The second-order valence-corrected chi connectivity index (χ2v) is 9.66. The predicted octanol–water partition coefficient (Wildman–Crippen LogP) is 0.104. The van der Waals surface area contributed by atoms with E-state index in [1.54, 1.807) is 0 Å². The Bertz CT molecular complexity index is 1000. The Morgan fingerprint density at radius 1 is 0.500 bits per heavy atom. The molecule has 0 radical (unpaired) electrons. The molecule has 2 aromatic rings. The molecule has 0 spiro atoms. The molecule has 206 valence electrons. The molecule has 0 saturated carbocycles. The van der Waals surface area contributed by atoms with Crippen LogP contribution in [0.5, 0.6) is 0 Å². The Morgan fingerprint density at radius 2 is 0.763 bits per heavy atom. The van der Waals surface area contributed by atoms with Crippen molar-refractivity contribution in [2.75, 3.05) is 26.7 Å². The van der Waals surface area contributed by atoms with Crippen molar-refractivity contribution in [3.63, 3.8) is 0 Å². The Morgan fingerprint density at radius 3 is 0.974 bits per heavy atom. The predicted molar refractivity (Wildman–Crippen MR) is 135 cm³/mol. The summed E-state index contributed by atoms with van der Waals surface area (Å²) in [6, 6.07) is 0. The Labute approximate surface area is 238 Å². The van der Waals surface area contributed by atoms with E-state index >= 15 is 0 Å². The number of aryl methyl sites for hydroxylation is 2. The Hall–Kier alpha value is -3.56. The third kappa shape index (κ3) is 6.46. The van der Waals surface area contributed by atoms with Gasteiger partial charge in [-0.2, -0.15) is 35.8 Å². The van der Waals surface area contributed by atoms with Crippen molar-refractivity contribution in [2.24, 2.45) is 14.1 Å². The first-order valence-corrected chi connectivity index (χ1v) is 12.3. The molecule has 13 heteroatoms. The van der Waals surface area contributed by atoms with Crippen LogP contribution in [-0.4, -0.2) is 75.0 Å². The molecule has 0 unspecified atom stereocenters. The molecule has 12 nitrogen and oxygen atoms in total.